The Bertz CT molecular complexity index is 368. The van der Waals surface area contributed by atoms with Gasteiger partial charge < -0.3 is 5.32 Å². The van der Waals surface area contributed by atoms with Crippen molar-refractivity contribution in [2.45, 2.75) is 6.42 Å². The number of benzene rings is 1. The van der Waals surface area contributed by atoms with Crippen molar-refractivity contribution >= 4 is 40.5 Å². The van der Waals surface area contributed by atoms with Gasteiger partial charge in [-0.15, -0.1) is 12.3 Å². The molecule has 0 aliphatic rings. The molecule has 0 unspecified atom stereocenters. The molecule has 1 N–H and O–H groups in total. The molecule has 1 nitrogen and oxygen atoms in total. The van der Waals surface area contributed by atoms with Gasteiger partial charge in [0.2, 0.25) is 0 Å². The van der Waals surface area contributed by atoms with Crippen LogP contribution in [0.5, 0.6) is 0 Å². The van der Waals surface area contributed by atoms with E-state index in [-0.39, 0.29) is 0 Å². The molecule has 0 heterocycles. The van der Waals surface area contributed by atoms with E-state index in [1.54, 1.807) is 12.1 Å². The molecular formula is C10H8Cl3N. The van der Waals surface area contributed by atoms with Crippen LogP contribution in [0, 0.1) is 12.3 Å². The molecule has 1 aromatic carbocycles. The molecular weight excluding hydrogens is 240 g/mol. The summed E-state index contributed by atoms with van der Waals surface area (Å²) in [6.45, 7) is 0.661. The van der Waals surface area contributed by atoms with Gasteiger partial charge >= 0.3 is 0 Å². The summed E-state index contributed by atoms with van der Waals surface area (Å²) in [4.78, 5) is 0. The minimum absolute atomic E-state index is 0.444. The summed E-state index contributed by atoms with van der Waals surface area (Å²) in [6.07, 6.45) is 5.75. The average Bonchev–Trinajstić information content (AvgIpc) is 2.14. The van der Waals surface area contributed by atoms with Crippen molar-refractivity contribution in [1.82, 2.24) is 0 Å². The first-order valence-electron chi connectivity index (χ1n) is 3.97. The Balaban J connectivity index is 2.78. The fourth-order valence-corrected chi connectivity index (χ4v) is 1.54. The van der Waals surface area contributed by atoms with Gasteiger partial charge in [0.15, 0.2) is 0 Å². The fraction of sp³-hybridized carbons (Fsp3) is 0.200. The van der Waals surface area contributed by atoms with Crippen molar-refractivity contribution in [3.05, 3.63) is 27.2 Å². The van der Waals surface area contributed by atoms with Crippen LogP contribution in [0.3, 0.4) is 0 Å². The van der Waals surface area contributed by atoms with E-state index < -0.39 is 0 Å². The molecule has 0 amide bonds. The van der Waals surface area contributed by atoms with Gasteiger partial charge in [-0.3, -0.25) is 0 Å². The molecule has 14 heavy (non-hydrogen) atoms. The third-order valence-electron chi connectivity index (χ3n) is 1.59. The Labute approximate surface area is 98.4 Å². The largest absolute Gasteiger partial charge is 0.383 e. The zero-order valence-corrected chi connectivity index (χ0v) is 9.55. The Morgan fingerprint density at radius 1 is 1.14 bits per heavy atom. The molecule has 74 valence electrons. The van der Waals surface area contributed by atoms with Crippen molar-refractivity contribution in [1.29, 1.82) is 0 Å². The number of terminal acetylenes is 1. The highest BCUT2D eigenvalue weighted by molar-refractivity contribution is 6.44. The van der Waals surface area contributed by atoms with Crippen LogP contribution in [0.2, 0.25) is 15.1 Å². The summed E-state index contributed by atoms with van der Waals surface area (Å²) >= 11 is 17.5. The van der Waals surface area contributed by atoms with Crippen LogP contribution in [-0.2, 0) is 0 Å². The highest BCUT2D eigenvalue weighted by Gasteiger charge is 2.04. The SMILES string of the molecule is C#CCCNc1cc(Cl)c(Cl)cc1Cl. The van der Waals surface area contributed by atoms with E-state index in [9.17, 15) is 0 Å². The molecule has 4 heteroatoms. The number of hydrogen-bond acceptors (Lipinski definition) is 1. The topological polar surface area (TPSA) is 12.0 Å². The van der Waals surface area contributed by atoms with E-state index in [1.807, 2.05) is 0 Å². The van der Waals surface area contributed by atoms with E-state index in [4.69, 9.17) is 41.2 Å². The number of nitrogens with one attached hydrogen (secondary N) is 1. The normalized spacial score (nSPS) is 9.57. The van der Waals surface area contributed by atoms with Crippen LogP contribution in [0.25, 0.3) is 0 Å². The van der Waals surface area contributed by atoms with Gasteiger partial charge in [-0.1, -0.05) is 34.8 Å². The predicted octanol–water partition coefficient (Wildman–Crippen LogP) is 4.08. The van der Waals surface area contributed by atoms with Gasteiger partial charge in [0.25, 0.3) is 0 Å². The highest BCUT2D eigenvalue weighted by Crippen LogP contribution is 2.32. The number of anilines is 1. The molecule has 0 saturated carbocycles. The lowest BCUT2D eigenvalue weighted by Gasteiger charge is -2.07. The lowest BCUT2D eigenvalue weighted by molar-refractivity contribution is 1.10. The molecule has 0 aliphatic carbocycles. The Hall–Kier alpha value is -0.550. The smallest absolute Gasteiger partial charge is 0.0653 e. The summed E-state index contributed by atoms with van der Waals surface area (Å²) in [5.74, 6) is 2.52. The van der Waals surface area contributed by atoms with Crippen molar-refractivity contribution in [2.75, 3.05) is 11.9 Å². The monoisotopic (exact) mass is 247 g/mol. The maximum atomic E-state index is 5.92. The summed E-state index contributed by atoms with van der Waals surface area (Å²) in [5.41, 5.74) is 0.747. The second-order valence-corrected chi connectivity index (χ2v) is 3.85. The zero-order valence-electron chi connectivity index (χ0n) is 7.28. The number of halogens is 3. The molecule has 0 spiro atoms. The van der Waals surface area contributed by atoms with Crippen molar-refractivity contribution < 1.29 is 0 Å². The summed E-state index contributed by atoms with van der Waals surface area (Å²) < 4.78 is 0. The first-order valence-corrected chi connectivity index (χ1v) is 5.10. The molecule has 0 radical (unpaired) electrons. The van der Waals surface area contributed by atoms with Gasteiger partial charge in [0.05, 0.1) is 20.8 Å². The summed E-state index contributed by atoms with van der Waals surface area (Å²) in [7, 11) is 0. The maximum Gasteiger partial charge on any atom is 0.0653 e. The summed E-state index contributed by atoms with van der Waals surface area (Å²) in [6, 6.07) is 3.28. The van der Waals surface area contributed by atoms with E-state index in [0.29, 0.717) is 28.0 Å². The lowest BCUT2D eigenvalue weighted by Crippen LogP contribution is -2.00. The van der Waals surface area contributed by atoms with E-state index >= 15 is 0 Å². The molecule has 1 rings (SSSR count). The molecule has 0 aromatic heterocycles. The maximum absolute atomic E-state index is 5.92. The van der Waals surface area contributed by atoms with Crippen molar-refractivity contribution in [3.63, 3.8) is 0 Å². The van der Waals surface area contributed by atoms with Crippen LogP contribution < -0.4 is 5.32 Å². The lowest BCUT2D eigenvalue weighted by atomic mass is 10.3. The Kier molecular flexibility index (Phi) is 4.41. The van der Waals surface area contributed by atoms with Crippen molar-refractivity contribution in [2.24, 2.45) is 0 Å². The van der Waals surface area contributed by atoms with Gasteiger partial charge in [-0.25, -0.2) is 0 Å². The standard InChI is InChI=1S/C10H8Cl3N/c1-2-3-4-14-10-6-8(12)7(11)5-9(10)13/h1,5-6,14H,3-4H2. The minimum atomic E-state index is 0.444. The highest BCUT2D eigenvalue weighted by atomic mass is 35.5. The van der Waals surface area contributed by atoms with Gasteiger partial charge in [0, 0.05) is 13.0 Å². The Morgan fingerprint density at radius 3 is 2.43 bits per heavy atom. The fourth-order valence-electron chi connectivity index (χ4n) is 0.927. The summed E-state index contributed by atoms with van der Waals surface area (Å²) in [5, 5.41) is 4.52. The molecule has 0 fully saturated rings. The second kappa shape index (κ2) is 5.36. The third kappa shape index (κ3) is 2.99. The van der Waals surface area contributed by atoms with Crippen LogP contribution in [0.15, 0.2) is 12.1 Å². The first kappa shape index (κ1) is 11.5. The quantitative estimate of drug-likeness (QED) is 0.483. The van der Waals surface area contributed by atoms with Gasteiger partial charge in [0.1, 0.15) is 0 Å². The molecule has 0 atom stereocenters. The second-order valence-electron chi connectivity index (χ2n) is 2.63. The van der Waals surface area contributed by atoms with E-state index in [1.165, 1.54) is 0 Å². The van der Waals surface area contributed by atoms with Crippen LogP contribution >= 0.6 is 34.8 Å². The molecule has 0 saturated heterocycles. The Morgan fingerprint density at radius 2 is 1.79 bits per heavy atom. The van der Waals surface area contributed by atoms with Gasteiger partial charge in [-0.05, 0) is 12.1 Å². The molecule has 1 aromatic rings. The minimum Gasteiger partial charge on any atom is -0.383 e. The van der Waals surface area contributed by atoms with E-state index in [0.717, 1.165) is 5.69 Å². The average molecular weight is 249 g/mol. The van der Waals surface area contributed by atoms with E-state index in [2.05, 4.69) is 11.2 Å². The number of hydrogen-bond donors (Lipinski definition) is 1. The van der Waals surface area contributed by atoms with Crippen molar-refractivity contribution in [3.8, 4) is 12.3 Å². The first-order chi connectivity index (χ1) is 6.65. The molecule has 0 bridgehead atoms. The predicted molar refractivity (Wildman–Crippen MR) is 63.4 cm³/mol. The zero-order chi connectivity index (χ0) is 10.6. The third-order valence-corrected chi connectivity index (χ3v) is 2.63. The van der Waals surface area contributed by atoms with Crippen LogP contribution in [0.1, 0.15) is 6.42 Å². The van der Waals surface area contributed by atoms with Crippen LogP contribution in [0.4, 0.5) is 5.69 Å². The van der Waals surface area contributed by atoms with Gasteiger partial charge in [-0.2, -0.15) is 0 Å². The molecule has 0 aliphatic heterocycles. The number of rotatable bonds is 3. The van der Waals surface area contributed by atoms with Crippen LogP contribution in [-0.4, -0.2) is 6.54 Å².